The van der Waals surface area contributed by atoms with Crippen LogP contribution >= 0.6 is 0 Å². The Labute approximate surface area is 223 Å². The molecular formula is C28H46BNO7. The molecule has 8 nitrogen and oxygen atoms in total. The number of hydrogen-bond acceptors (Lipinski definition) is 7. The van der Waals surface area contributed by atoms with E-state index in [2.05, 4.69) is 5.32 Å². The maximum absolute atomic E-state index is 12.2. The summed E-state index contributed by atoms with van der Waals surface area (Å²) in [6.45, 7) is 23.2. The molecule has 1 amide bonds. The van der Waals surface area contributed by atoms with E-state index in [-0.39, 0.29) is 0 Å². The minimum absolute atomic E-state index is 0.491. The highest BCUT2D eigenvalue weighted by atomic mass is 17.2. The van der Waals surface area contributed by atoms with Crippen molar-refractivity contribution in [2.75, 3.05) is 12.4 Å². The van der Waals surface area contributed by atoms with Gasteiger partial charge >= 0.3 is 13.2 Å². The smallest absolute Gasteiger partial charge is 0.444 e. The third-order valence-corrected chi connectivity index (χ3v) is 7.30. The first kappa shape index (κ1) is 31.2. The summed E-state index contributed by atoms with van der Waals surface area (Å²) >= 11 is 0. The summed E-state index contributed by atoms with van der Waals surface area (Å²) in [7, 11) is 1.02. The zero-order valence-electron chi connectivity index (χ0n) is 25.0. The van der Waals surface area contributed by atoms with Gasteiger partial charge in [0.1, 0.15) is 11.2 Å². The fourth-order valence-electron chi connectivity index (χ4n) is 3.32. The average Bonchev–Trinajstić information content (AvgIpc) is 2.96. The summed E-state index contributed by atoms with van der Waals surface area (Å²) in [6, 6.07) is 7.26. The van der Waals surface area contributed by atoms with Crippen LogP contribution in [-0.4, -0.2) is 48.3 Å². The number of nitrogens with one attached hydrogen (secondary N) is 1. The van der Waals surface area contributed by atoms with E-state index in [0.717, 1.165) is 11.0 Å². The Balaban J connectivity index is 2.45. The molecule has 1 aliphatic heterocycles. The first-order valence-electron chi connectivity index (χ1n) is 12.9. The lowest BCUT2D eigenvalue weighted by atomic mass is 9.74. The van der Waals surface area contributed by atoms with Gasteiger partial charge in [0.15, 0.2) is 5.76 Å². The quantitative estimate of drug-likeness (QED) is 0.164. The van der Waals surface area contributed by atoms with E-state index in [9.17, 15) is 4.79 Å². The molecule has 37 heavy (non-hydrogen) atoms. The van der Waals surface area contributed by atoms with Crippen LogP contribution in [0.1, 0.15) is 95.1 Å². The Kier molecular flexibility index (Phi) is 9.23. The molecule has 0 radical (unpaired) electrons. The van der Waals surface area contributed by atoms with Crippen molar-refractivity contribution in [1.82, 2.24) is 0 Å². The minimum Gasteiger partial charge on any atom is -0.444 e. The molecule has 1 aliphatic rings. The predicted octanol–water partition coefficient (Wildman–Crippen LogP) is 6.94. The van der Waals surface area contributed by atoms with Crippen molar-refractivity contribution in [2.24, 2.45) is 0 Å². The fourth-order valence-corrected chi connectivity index (χ4v) is 3.32. The molecule has 0 bridgehead atoms. The van der Waals surface area contributed by atoms with Crippen LogP contribution in [0.4, 0.5) is 10.5 Å². The van der Waals surface area contributed by atoms with Gasteiger partial charge in [0.05, 0.1) is 16.8 Å². The minimum atomic E-state index is -0.792. The Bertz CT molecular complexity index is 959. The zero-order valence-corrected chi connectivity index (χ0v) is 25.0. The molecule has 0 atom stereocenters. The van der Waals surface area contributed by atoms with Gasteiger partial charge in [-0.05, 0) is 107 Å². The maximum atomic E-state index is 12.2. The molecule has 1 N–H and O–H groups in total. The van der Waals surface area contributed by atoms with E-state index in [0.29, 0.717) is 17.9 Å². The van der Waals surface area contributed by atoms with Crippen LogP contribution < -0.4 is 5.32 Å². The van der Waals surface area contributed by atoms with E-state index in [4.69, 9.17) is 28.6 Å². The van der Waals surface area contributed by atoms with Crippen molar-refractivity contribution in [3.8, 4) is 0 Å². The van der Waals surface area contributed by atoms with Gasteiger partial charge in [-0.15, -0.1) is 0 Å². The monoisotopic (exact) mass is 519 g/mol. The van der Waals surface area contributed by atoms with E-state index in [1.807, 2.05) is 95.2 Å². The molecule has 1 aromatic carbocycles. The number of benzene rings is 1. The van der Waals surface area contributed by atoms with Gasteiger partial charge in [-0.3, -0.25) is 5.32 Å². The summed E-state index contributed by atoms with van der Waals surface area (Å²) in [5.41, 5.74) is -0.897. The average molecular weight is 519 g/mol. The number of carbonyl (C=O) groups excluding carboxylic acids is 1. The predicted molar refractivity (Wildman–Crippen MR) is 147 cm³/mol. The molecule has 0 aromatic heterocycles. The maximum Gasteiger partial charge on any atom is 0.494 e. The third-order valence-electron chi connectivity index (χ3n) is 7.30. The molecule has 0 spiro atoms. The molecule has 0 aliphatic carbocycles. The van der Waals surface area contributed by atoms with Gasteiger partial charge in [0.25, 0.3) is 0 Å². The van der Waals surface area contributed by atoms with E-state index >= 15 is 0 Å². The van der Waals surface area contributed by atoms with Crippen molar-refractivity contribution >= 4 is 24.7 Å². The van der Waals surface area contributed by atoms with Crippen LogP contribution in [0, 0.1) is 0 Å². The van der Waals surface area contributed by atoms with Crippen molar-refractivity contribution < 1.29 is 33.4 Å². The highest BCUT2D eigenvalue weighted by molar-refractivity contribution is 6.56. The second-order valence-electron chi connectivity index (χ2n) is 12.4. The highest BCUT2D eigenvalue weighted by Gasteiger charge is 2.53. The lowest BCUT2D eigenvalue weighted by molar-refractivity contribution is -0.344. The summed E-state index contributed by atoms with van der Waals surface area (Å²) in [5.74, 6) is 0.491. The Morgan fingerprint density at radius 3 is 1.86 bits per heavy atom. The fraction of sp³-hybridized carbons (Fsp3) is 0.679. The van der Waals surface area contributed by atoms with Crippen molar-refractivity contribution in [3.05, 3.63) is 35.3 Å². The number of hydrogen-bond donors (Lipinski definition) is 1. The Morgan fingerprint density at radius 2 is 1.43 bits per heavy atom. The number of carbonyl (C=O) groups is 1. The van der Waals surface area contributed by atoms with Crippen molar-refractivity contribution in [1.29, 1.82) is 0 Å². The molecule has 1 saturated heterocycles. The van der Waals surface area contributed by atoms with E-state index < -0.39 is 41.2 Å². The van der Waals surface area contributed by atoms with Crippen molar-refractivity contribution in [2.45, 2.75) is 118 Å². The molecule has 2 rings (SSSR count). The molecule has 1 heterocycles. The standard InChI is InChI=1S/C28H46BNO7/c1-14-21(29-35-26(7,8)27(9,10)36-29)22(34-37-28(11,12)25(5,6)32-13)19-15-17-20(18-16-19)30-23(31)33-24(2,3)4/h15-18H,14H2,1-13H3,(H,30,31)/b22-21-. The zero-order chi connectivity index (χ0) is 28.4. The lowest BCUT2D eigenvalue weighted by Crippen LogP contribution is -2.48. The first-order valence-corrected chi connectivity index (χ1v) is 12.9. The number of rotatable bonds is 9. The number of ether oxygens (including phenoxy) is 2. The summed E-state index contributed by atoms with van der Waals surface area (Å²) in [4.78, 5) is 24.3. The molecule has 1 fully saturated rings. The molecular weight excluding hydrogens is 473 g/mol. The number of allylic oxidation sites excluding steroid dienone is 1. The van der Waals surface area contributed by atoms with Gasteiger partial charge in [-0.2, -0.15) is 4.89 Å². The van der Waals surface area contributed by atoms with Gasteiger partial charge < -0.3 is 23.7 Å². The lowest BCUT2D eigenvalue weighted by Gasteiger charge is -2.38. The topological polar surface area (TPSA) is 84.5 Å². The molecule has 9 heteroatoms. The molecule has 208 valence electrons. The summed E-state index contributed by atoms with van der Waals surface area (Å²) < 4.78 is 23.7. The Hall–Kier alpha value is -2.07. The largest absolute Gasteiger partial charge is 0.494 e. The second kappa shape index (κ2) is 11.0. The normalized spacial score (nSPS) is 18.4. The highest BCUT2D eigenvalue weighted by Crippen LogP contribution is 2.41. The number of anilines is 1. The van der Waals surface area contributed by atoms with Crippen LogP contribution in [0.25, 0.3) is 5.76 Å². The molecule has 1 aromatic rings. The van der Waals surface area contributed by atoms with Crippen LogP contribution in [0.5, 0.6) is 0 Å². The van der Waals surface area contributed by atoms with Crippen LogP contribution in [0.2, 0.25) is 0 Å². The van der Waals surface area contributed by atoms with E-state index in [1.54, 1.807) is 19.2 Å². The summed E-state index contributed by atoms with van der Waals surface area (Å²) in [5, 5.41) is 2.75. The molecule has 0 unspecified atom stereocenters. The van der Waals surface area contributed by atoms with Crippen LogP contribution in [0.3, 0.4) is 0 Å². The van der Waals surface area contributed by atoms with Gasteiger partial charge in [-0.25, -0.2) is 4.79 Å². The van der Waals surface area contributed by atoms with Gasteiger partial charge in [0.2, 0.25) is 0 Å². The Morgan fingerprint density at radius 1 is 0.919 bits per heavy atom. The number of amides is 1. The van der Waals surface area contributed by atoms with E-state index in [1.165, 1.54) is 0 Å². The number of methoxy groups -OCH3 is 1. The first-order chi connectivity index (χ1) is 16.8. The van der Waals surface area contributed by atoms with Crippen LogP contribution in [0.15, 0.2) is 29.7 Å². The van der Waals surface area contributed by atoms with Crippen LogP contribution in [-0.2, 0) is 28.6 Å². The van der Waals surface area contributed by atoms with Gasteiger partial charge in [-0.1, -0.05) is 6.92 Å². The second-order valence-corrected chi connectivity index (χ2v) is 12.4. The van der Waals surface area contributed by atoms with Crippen molar-refractivity contribution in [3.63, 3.8) is 0 Å². The SMILES string of the molecule is CC/C(B1OC(C)(C)C(C)(C)O1)=C(/OOC(C)(C)C(C)(C)OC)c1ccc(NC(=O)OC(C)(C)C)cc1. The molecule has 0 saturated carbocycles. The van der Waals surface area contributed by atoms with Gasteiger partial charge in [0, 0.05) is 23.8 Å². The third kappa shape index (κ3) is 7.50. The summed E-state index contributed by atoms with van der Waals surface area (Å²) in [6.07, 6.45) is 0.0762.